The van der Waals surface area contributed by atoms with Gasteiger partial charge < -0.3 is 9.47 Å². The lowest BCUT2D eigenvalue weighted by Crippen LogP contribution is -2.24. The van der Waals surface area contributed by atoms with Crippen molar-refractivity contribution in [2.24, 2.45) is 0 Å². The minimum Gasteiger partial charge on any atom is -0.465 e. The van der Waals surface area contributed by atoms with Crippen molar-refractivity contribution in [2.45, 2.75) is 38.9 Å². The van der Waals surface area contributed by atoms with Crippen LogP contribution in [0, 0.1) is 6.92 Å². The van der Waals surface area contributed by atoms with Crippen molar-refractivity contribution in [3.63, 3.8) is 0 Å². The minimum atomic E-state index is -0.155. The average Bonchev–Trinajstić information content (AvgIpc) is 2.58. The van der Waals surface area contributed by atoms with Crippen LogP contribution in [0.5, 0.6) is 5.75 Å². The van der Waals surface area contributed by atoms with E-state index in [2.05, 4.69) is 0 Å². The maximum absolute atomic E-state index is 12.3. The lowest BCUT2D eigenvalue weighted by atomic mass is 10.0. The van der Waals surface area contributed by atoms with Crippen LogP contribution < -0.4 is 4.74 Å². The molecule has 2 aromatic rings. The Morgan fingerprint density at radius 2 is 1.83 bits per heavy atom. The molecule has 1 fully saturated rings. The summed E-state index contributed by atoms with van der Waals surface area (Å²) in [7, 11) is 0. The second-order valence-corrected chi connectivity index (χ2v) is 6.02. The summed E-state index contributed by atoms with van der Waals surface area (Å²) >= 11 is 0. The van der Waals surface area contributed by atoms with Crippen molar-refractivity contribution in [2.75, 3.05) is 6.61 Å². The molecule has 1 atom stereocenters. The van der Waals surface area contributed by atoms with Gasteiger partial charge >= 0.3 is 0 Å². The maximum Gasteiger partial charge on any atom is 0.199 e. The number of rotatable bonds is 5. The van der Waals surface area contributed by atoms with E-state index >= 15 is 0 Å². The SMILES string of the molecule is Cc1ccc(CC(=O)c2ccc(OC3CCCCO3)cc2)cc1. The second kappa shape index (κ2) is 7.42. The van der Waals surface area contributed by atoms with Crippen LogP contribution in [-0.2, 0) is 11.2 Å². The Kier molecular flexibility index (Phi) is 5.09. The highest BCUT2D eigenvalue weighted by Gasteiger charge is 2.15. The molecule has 1 heterocycles. The summed E-state index contributed by atoms with van der Waals surface area (Å²) in [6.45, 7) is 2.80. The third-order valence-electron chi connectivity index (χ3n) is 4.07. The van der Waals surface area contributed by atoms with E-state index in [-0.39, 0.29) is 12.1 Å². The predicted molar refractivity (Wildman–Crippen MR) is 89.9 cm³/mol. The summed E-state index contributed by atoms with van der Waals surface area (Å²) in [5.74, 6) is 0.873. The Hall–Kier alpha value is -2.13. The minimum absolute atomic E-state index is 0.120. The first-order chi connectivity index (χ1) is 11.2. The van der Waals surface area contributed by atoms with E-state index in [4.69, 9.17) is 9.47 Å². The average molecular weight is 310 g/mol. The Labute approximate surface area is 137 Å². The summed E-state index contributed by atoms with van der Waals surface area (Å²) in [4.78, 5) is 12.3. The molecule has 1 unspecified atom stereocenters. The van der Waals surface area contributed by atoms with Crippen LogP contribution in [0.15, 0.2) is 48.5 Å². The molecule has 23 heavy (non-hydrogen) atoms. The molecule has 2 aromatic carbocycles. The van der Waals surface area contributed by atoms with E-state index in [0.717, 1.165) is 37.2 Å². The third-order valence-corrected chi connectivity index (χ3v) is 4.07. The number of aryl methyl sites for hydroxylation is 1. The van der Waals surface area contributed by atoms with Crippen molar-refractivity contribution in [1.82, 2.24) is 0 Å². The normalized spacial score (nSPS) is 17.7. The van der Waals surface area contributed by atoms with Gasteiger partial charge in [0.1, 0.15) is 5.75 Å². The van der Waals surface area contributed by atoms with Gasteiger partial charge in [-0.1, -0.05) is 29.8 Å². The van der Waals surface area contributed by atoms with Gasteiger partial charge in [-0.2, -0.15) is 0 Å². The summed E-state index contributed by atoms with van der Waals surface area (Å²) in [6, 6.07) is 15.4. The van der Waals surface area contributed by atoms with Gasteiger partial charge in [0.05, 0.1) is 6.61 Å². The highest BCUT2D eigenvalue weighted by Crippen LogP contribution is 2.20. The topological polar surface area (TPSA) is 35.5 Å². The van der Waals surface area contributed by atoms with Crippen LogP contribution >= 0.6 is 0 Å². The van der Waals surface area contributed by atoms with E-state index in [9.17, 15) is 4.79 Å². The Morgan fingerprint density at radius 3 is 2.48 bits per heavy atom. The Balaban J connectivity index is 1.59. The fraction of sp³-hybridized carbons (Fsp3) is 0.350. The molecular weight excluding hydrogens is 288 g/mol. The molecule has 0 N–H and O–H groups in total. The van der Waals surface area contributed by atoms with E-state index in [1.807, 2.05) is 55.5 Å². The molecule has 1 aliphatic heterocycles. The van der Waals surface area contributed by atoms with Gasteiger partial charge in [0.2, 0.25) is 0 Å². The molecule has 120 valence electrons. The molecule has 0 amide bonds. The van der Waals surface area contributed by atoms with Crippen molar-refractivity contribution >= 4 is 5.78 Å². The summed E-state index contributed by atoms with van der Waals surface area (Å²) in [5.41, 5.74) is 2.95. The molecule has 0 bridgehead atoms. The highest BCUT2D eigenvalue weighted by atomic mass is 16.7. The van der Waals surface area contributed by atoms with Crippen LogP contribution in [0.2, 0.25) is 0 Å². The third kappa shape index (κ3) is 4.42. The van der Waals surface area contributed by atoms with Crippen LogP contribution in [0.4, 0.5) is 0 Å². The number of Topliss-reactive ketones (excluding diaryl/α,β-unsaturated/α-hetero) is 1. The quantitative estimate of drug-likeness (QED) is 0.771. The molecule has 3 rings (SSSR count). The molecular formula is C20H22O3. The fourth-order valence-corrected chi connectivity index (χ4v) is 2.67. The molecule has 3 heteroatoms. The van der Waals surface area contributed by atoms with Crippen molar-refractivity contribution in [3.05, 3.63) is 65.2 Å². The maximum atomic E-state index is 12.3. The van der Waals surface area contributed by atoms with Crippen molar-refractivity contribution in [1.29, 1.82) is 0 Å². The molecule has 3 nitrogen and oxygen atoms in total. The van der Waals surface area contributed by atoms with Crippen LogP contribution in [0.1, 0.15) is 40.7 Å². The van der Waals surface area contributed by atoms with Crippen LogP contribution in [-0.4, -0.2) is 18.7 Å². The molecule has 1 aliphatic rings. The van der Waals surface area contributed by atoms with Crippen LogP contribution in [0.3, 0.4) is 0 Å². The smallest absolute Gasteiger partial charge is 0.199 e. The van der Waals surface area contributed by atoms with Gasteiger partial charge in [-0.25, -0.2) is 0 Å². The fourth-order valence-electron chi connectivity index (χ4n) is 2.67. The molecule has 0 aromatic heterocycles. The van der Waals surface area contributed by atoms with E-state index < -0.39 is 0 Å². The van der Waals surface area contributed by atoms with Gasteiger partial charge in [0.15, 0.2) is 12.1 Å². The first-order valence-electron chi connectivity index (χ1n) is 8.18. The summed E-state index contributed by atoms with van der Waals surface area (Å²) in [5, 5.41) is 0. The van der Waals surface area contributed by atoms with Gasteiger partial charge in [-0.3, -0.25) is 4.79 Å². The van der Waals surface area contributed by atoms with Crippen molar-refractivity contribution in [3.8, 4) is 5.75 Å². The number of hydrogen-bond acceptors (Lipinski definition) is 3. The molecule has 0 saturated carbocycles. The Morgan fingerprint density at radius 1 is 1.09 bits per heavy atom. The standard InChI is InChI=1S/C20H22O3/c1-15-5-7-16(8-6-15)14-19(21)17-9-11-18(12-10-17)23-20-4-2-3-13-22-20/h5-12,20H,2-4,13-14H2,1H3. The number of benzene rings is 2. The zero-order valence-corrected chi connectivity index (χ0v) is 13.5. The molecule has 0 radical (unpaired) electrons. The lowest BCUT2D eigenvalue weighted by molar-refractivity contribution is -0.105. The van der Waals surface area contributed by atoms with Gasteiger partial charge in [-0.05, 0) is 49.6 Å². The van der Waals surface area contributed by atoms with E-state index in [1.165, 1.54) is 5.56 Å². The number of carbonyl (C=O) groups is 1. The van der Waals surface area contributed by atoms with Gasteiger partial charge in [-0.15, -0.1) is 0 Å². The second-order valence-electron chi connectivity index (χ2n) is 6.02. The first-order valence-corrected chi connectivity index (χ1v) is 8.18. The summed E-state index contributed by atoms with van der Waals surface area (Å²) in [6.07, 6.45) is 3.43. The highest BCUT2D eigenvalue weighted by molar-refractivity contribution is 5.97. The lowest BCUT2D eigenvalue weighted by Gasteiger charge is -2.23. The molecule has 0 aliphatic carbocycles. The zero-order chi connectivity index (χ0) is 16.1. The van der Waals surface area contributed by atoms with E-state index in [0.29, 0.717) is 12.0 Å². The monoisotopic (exact) mass is 310 g/mol. The number of hydrogen-bond donors (Lipinski definition) is 0. The zero-order valence-electron chi connectivity index (χ0n) is 13.5. The Bertz CT molecular complexity index is 638. The van der Waals surface area contributed by atoms with Crippen LogP contribution in [0.25, 0.3) is 0 Å². The summed E-state index contributed by atoms with van der Waals surface area (Å²) < 4.78 is 11.3. The largest absolute Gasteiger partial charge is 0.465 e. The molecule has 0 spiro atoms. The first kappa shape index (κ1) is 15.8. The predicted octanol–water partition coefficient (Wildman–Crippen LogP) is 4.33. The number of carbonyl (C=O) groups excluding carboxylic acids is 1. The van der Waals surface area contributed by atoms with Crippen molar-refractivity contribution < 1.29 is 14.3 Å². The van der Waals surface area contributed by atoms with Gasteiger partial charge in [0.25, 0.3) is 0 Å². The molecule has 1 saturated heterocycles. The van der Waals surface area contributed by atoms with E-state index in [1.54, 1.807) is 0 Å². The number of ether oxygens (including phenoxy) is 2. The van der Waals surface area contributed by atoms with Gasteiger partial charge in [0, 0.05) is 18.4 Å². The number of ketones is 1.